The normalized spacial score (nSPS) is 9.79. The standard InChI is InChI=1S/C9H11NO3S/c1-13-5-4-10-9(12)8(11)7-3-2-6-14-7/h2-3,6H,4-5H2,1H3,(H,10,12). The third kappa shape index (κ3) is 2.93. The summed E-state index contributed by atoms with van der Waals surface area (Å²) in [4.78, 5) is 23.0. The minimum atomic E-state index is -0.579. The highest BCUT2D eigenvalue weighted by Gasteiger charge is 2.15. The molecule has 1 aromatic heterocycles. The largest absolute Gasteiger partial charge is 0.383 e. The molecule has 0 aromatic carbocycles. The van der Waals surface area contributed by atoms with Gasteiger partial charge < -0.3 is 10.1 Å². The van der Waals surface area contributed by atoms with Crippen LogP contribution in [0.1, 0.15) is 9.67 Å². The van der Waals surface area contributed by atoms with Crippen molar-refractivity contribution in [3.63, 3.8) is 0 Å². The van der Waals surface area contributed by atoms with Crippen molar-refractivity contribution in [1.29, 1.82) is 0 Å². The molecule has 0 spiro atoms. The van der Waals surface area contributed by atoms with E-state index in [1.807, 2.05) is 0 Å². The lowest BCUT2D eigenvalue weighted by molar-refractivity contribution is -0.117. The van der Waals surface area contributed by atoms with Crippen molar-refractivity contribution in [2.45, 2.75) is 0 Å². The molecule has 0 aliphatic heterocycles. The topological polar surface area (TPSA) is 55.4 Å². The summed E-state index contributed by atoms with van der Waals surface area (Å²) < 4.78 is 4.74. The van der Waals surface area contributed by atoms with Crippen LogP contribution in [-0.4, -0.2) is 32.0 Å². The summed E-state index contributed by atoms with van der Waals surface area (Å²) in [6, 6.07) is 3.36. The zero-order chi connectivity index (χ0) is 10.4. The van der Waals surface area contributed by atoms with Crippen LogP contribution in [0.4, 0.5) is 0 Å². The Labute approximate surface area is 85.9 Å². The number of nitrogens with one attached hydrogen (secondary N) is 1. The summed E-state index contributed by atoms with van der Waals surface area (Å²) >= 11 is 1.26. The van der Waals surface area contributed by atoms with E-state index >= 15 is 0 Å². The van der Waals surface area contributed by atoms with Crippen LogP contribution in [0.15, 0.2) is 17.5 Å². The average Bonchev–Trinajstić information content (AvgIpc) is 2.69. The maximum absolute atomic E-state index is 11.4. The summed E-state index contributed by atoms with van der Waals surface area (Å²) in [5.41, 5.74) is 0. The van der Waals surface area contributed by atoms with Crippen LogP contribution in [0.3, 0.4) is 0 Å². The molecule has 0 unspecified atom stereocenters. The Balaban J connectivity index is 2.42. The molecule has 0 saturated heterocycles. The first-order valence-corrected chi connectivity index (χ1v) is 4.98. The predicted molar refractivity (Wildman–Crippen MR) is 53.5 cm³/mol. The Kier molecular flexibility index (Phi) is 4.28. The van der Waals surface area contributed by atoms with E-state index in [1.54, 1.807) is 17.5 Å². The summed E-state index contributed by atoms with van der Waals surface area (Å²) in [6.07, 6.45) is 0. The highest BCUT2D eigenvalue weighted by molar-refractivity contribution is 7.13. The van der Waals surface area contributed by atoms with Gasteiger partial charge >= 0.3 is 0 Å². The average molecular weight is 213 g/mol. The van der Waals surface area contributed by atoms with Gasteiger partial charge in [-0.05, 0) is 11.4 Å². The molecule has 0 fully saturated rings. The molecular weight excluding hydrogens is 202 g/mol. The molecule has 0 aliphatic rings. The Hall–Kier alpha value is -1.20. The van der Waals surface area contributed by atoms with Crippen molar-refractivity contribution in [2.24, 2.45) is 0 Å². The monoisotopic (exact) mass is 213 g/mol. The van der Waals surface area contributed by atoms with Crippen LogP contribution < -0.4 is 5.32 Å². The van der Waals surface area contributed by atoms with Gasteiger partial charge in [0.05, 0.1) is 11.5 Å². The summed E-state index contributed by atoms with van der Waals surface area (Å²) in [7, 11) is 1.53. The Bertz CT molecular complexity index is 308. The number of rotatable bonds is 5. The molecule has 76 valence electrons. The van der Waals surface area contributed by atoms with Gasteiger partial charge in [-0.1, -0.05) is 6.07 Å². The highest BCUT2D eigenvalue weighted by atomic mass is 32.1. The Morgan fingerprint density at radius 3 is 2.93 bits per heavy atom. The summed E-state index contributed by atoms with van der Waals surface area (Å²) in [5.74, 6) is -1.07. The molecule has 1 rings (SSSR count). The maximum Gasteiger partial charge on any atom is 0.293 e. The van der Waals surface area contributed by atoms with Crippen LogP contribution in [0, 0.1) is 0 Å². The van der Waals surface area contributed by atoms with Gasteiger partial charge in [-0.2, -0.15) is 0 Å². The number of ketones is 1. The number of thiophene rings is 1. The van der Waals surface area contributed by atoms with Gasteiger partial charge in [0.15, 0.2) is 0 Å². The number of carbonyl (C=O) groups is 2. The molecule has 0 saturated carbocycles. The van der Waals surface area contributed by atoms with Crippen molar-refractivity contribution < 1.29 is 14.3 Å². The Morgan fingerprint density at radius 2 is 2.36 bits per heavy atom. The van der Waals surface area contributed by atoms with E-state index in [2.05, 4.69) is 5.32 Å². The molecular formula is C9H11NO3S. The lowest BCUT2D eigenvalue weighted by atomic mass is 10.3. The molecule has 0 radical (unpaired) electrons. The van der Waals surface area contributed by atoms with Crippen molar-refractivity contribution in [2.75, 3.05) is 20.3 Å². The van der Waals surface area contributed by atoms with Crippen LogP contribution >= 0.6 is 11.3 Å². The van der Waals surface area contributed by atoms with Gasteiger partial charge in [0.2, 0.25) is 0 Å². The van der Waals surface area contributed by atoms with Gasteiger partial charge in [-0.15, -0.1) is 11.3 Å². The zero-order valence-electron chi connectivity index (χ0n) is 7.78. The van der Waals surface area contributed by atoms with Crippen molar-refractivity contribution >= 4 is 23.0 Å². The van der Waals surface area contributed by atoms with Crippen molar-refractivity contribution in [3.05, 3.63) is 22.4 Å². The van der Waals surface area contributed by atoms with E-state index in [9.17, 15) is 9.59 Å². The van der Waals surface area contributed by atoms with Crippen LogP contribution in [0.2, 0.25) is 0 Å². The number of amides is 1. The van der Waals surface area contributed by atoms with E-state index in [0.717, 1.165) is 0 Å². The number of hydrogen-bond acceptors (Lipinski definition) is 4. The number of hydrogen-bond donors (Lipinski definition) is 1. The molecule has 1 N–H and O–H groups in total. The molecule has 0 bridgehead atoms. The number of ether oxygens (including phenoxy) is 1. The summed E-state index contributed by atoms with van der Waals surface area (Å²) in [5, 5.41) is 4.22. The van der Waals surface area contributed by atoms with E-state index < -0.39 is 11.7 Å². The fourth-order valence-corrected chi connectivity index (χ4v) is 1.53. The smallest absolute Gasteiger partial charge is 0.293 e. The molecule has 0 aliphatic carbocycles. The predicted octanol–water partition coefficient (Wildman–Crippen LogP) is 0.693. The second kappa shape index (κ2) is 5.51. The van der Waals surface area contributed by atoms with Crippen molar-refractivity contribution in [1.82, 2.24) is 5.32 Å². The minimum Gasteiger partial charge on any atom is -0.383 e. The molecule has 4 nitrogen and oxygen atoms in total. The zero-order valence-corrected chi connectivity index (χ0v) is 8.60. The number of Topliss-reactive ketones (excluding diaryl/α,β-unsaturated/α-hetero) is 1. The molecule has 5 heteroatoms. The molecule has 1 heterocycles. The lowest BCUT2D eigenvalue weighted by Gasteiger charge is -2.01. The third-order valence-corrected chi connectivity index (χ3v) is 2.41. The van der Waals surface area contributed by atoms with E-state index in [-0.39, 0.29) is 0 Å². The summed E-state index contributed by atoms with van der Waals surface area (Å²) in [6.45, 7) is 0.760. The Morgan fingerprint density at radius 1 is 1.57 bits per heavy atom. The second-order valence-corrected chi connectivity index (χ2v) is 3.50. The van der Waals surface area contributed by atoms with Gasteiger partial charge in [0.25, 0.3) is 11.7 Å². The van der Waals surface area contributed by atoms with Gasteiger partial charge in [-0.25, -0.2) is 0 Å². The molecule has 0 atom stereocenters. The van der Waals surface area contributed by atoms with E-state index in [1.165, 1.54) is 18.4 Å². The molecule has 14 heavy (non-hydrogen) atoms. The van der Waals surface area contributed by atoms with E-state index in [0.29, 0.717) is 18.0 Å². The third-order valence-electron chi connectivity index (χ3n) is 1.54. The van der Waals surface area contributed by atoms with Gasteiger partial charge in [-0.3, -0.25) is 9.59 Å². The van der Waals surface area contributed by atoms with Gasteiger partial charge in [0.1, 0.15) is 0 Å². The fourth-order valence-electron chi connectivity index (χ4n) is 0.867. The quantitative estimate of drug-likeness (QED) is 0.445. The maximum atomic E-state index is 11.4. The first-order chi connectivity index (χ1) is 6.75. The second-order valence-electron chi connectivity index (χ2n) is 2.56. The first kappa shape index (κ1) is 10.9. The van der Waals surface area contributed by atoms with Gasteiger partial charge in [0, 0.05) is 13.7 Å². The molecule has 1 aromatic rings. The molecule has 1 amide bonds. The minimum absolute atomic E-state index is 0.354. The first-order valence-electron chi connectivity index (χ1n) is 4.10. The number of carbonyl (C=O) groups excluding carboxylic acids is 2. The fraction of sp³-hybridized carbons (Fsp3) is 0.333. The SMILES string of the molecule is COCCNC(=O)C(=O)c1cccs1. The van der Waals surface area contributed by atoms with E-state index in [4.69, 9.17) is 4.74 Å². The lowest BCUT2D eigenvalue weighted by Crippen LogP contribution is -2.32. The van der Waals surface area contributed by atoms with Crippen LogP contribution in [0.5, 0.6) is 0 Å². The van der Waals surface area contributed by atoms with Crippen LogP contribution in [-0.2, 0) is 9.53 Å². The van der Waals surface area contributed by atoms with Crippen LogP contribution in [0.25, 0.3) is 0 Å². The number of methoxy groups -OCH3 is 1. The highest BCUT2D eigenvalue weighted by Crippen LogP contribution is 2.08. The van der Waals surface area contributed by atoms with Crippen molar-refractivity contribution in [3.8, 4) is 0 Å².